The second-order valence-corrected chi connectivity index (χ2v) is 7.45. The first-order valence-electron chi connectivity index (χ1n) is 8.66. The number of piperidine rings is 1. The van der Waals surface area contributed by atoms with E-state index in [1.807, 2.05) is 27.7 Å². The summed E-state index contributed by atoms with van der Waals surface area (Å²) in [6, 6.07) is 0. The zero-order chi connectivity index (χ0) is 18.3. The van der Waals surface area contributed by atoms with Gasteiger partial charge in [0.15, 0.2) is 0 Å². The van der Waals surface area contributed by atoms with Gasteiger partial charge >= 0.3 is 6.09 Å². The molecule has 0 aliphatic carbocycles. The third-order valence-electron chi connectivity index (χ3n) is 4.24. The average molecular weight is 348 g/mol. The van der Waals surface area contributed by atoms with Crippen LogP contribution in [0.5, 0.6) is 0 Å². The van der Waals surface area contributed by atoms with Crippen molar-refractivity contribution in [2.24, 2.45) is 11.3 Å². The maximum atomic E-state index is 12.4. The van der Waals surface area contributed by atoms with Gasteiger partial charge in [0, 0.05) is 13.1 Å². The smallest absolute Gasteiger partial charge is 0.410 e. The van der Waals surface area contributed by atoms with Crippen LogP contribution in [0.4, 0.5) is 13.6 Å². The van der Waals surface area contributed by atoms with E-state index < -0.39 is 30.9 Å². The number of amides is 2. The molecule has 0 aromatic carbocycles. The molecule has 0 spiro atoms. The van der Waals surface area contributed by atoms with E-state index in [1.54, 1.807) is 0 Å². The number of carbonyl (C=O) groups is 2. The molecule has 0 saturated carbocycles. The first-order chi connectivity index (χ1) is 11.1. The van der Waals surface area contributed by atoms with Crippen molar-refractivity contribution in [2.45, 2.75) is 65.9 Å². The Balaban J connectivity index is 2.59. The van der Waals surface area contributed by atoms with Crippen molar-refractivity contribution in [1.29, 1.82) is 0 Å². The Labute approximate surface area is 143 Å². The molecule has 1 aliphatic rings. The van der Waals surface area contributed by atoms with Crippen LogP contribution in [0.1, 0.15) is 53.4 Å². The molecular weight excluding hydrogens is 318 g/mol. The summed E-state index contributed by atoms with van der Waals surface area (Å²) >= 11 is 0. The average Bonchev–Trinajstić information content (AvgIpc) is 2.51. The predicted molar refractivity (Wildman–Crippen MR) is 87.9 cm³/mol. The zero-order valence-corrected chi connectivity index (χ0v) is 15.1. The van der Waals surface area contributed by atoms with Crippen molar-refractivity contribution >= 4 is 12.0 Å². The monoisotopic (exact) mass is 348 g/mol. The van der Waals surface area contributed by atoms with Gasteiger partial charge in [-0.1, -0.05) is 34.1 Å². The van der Waals surface area contributed by atoms with Crippen LogP contribution < -0.4 is 5.32 Å². The number of nitrogens with zero attached hydrogens (tertiary/aromatic N) is 1. The van der Waals surface area contributed by atoms with Crippen LogP contribution in [0.2, 0.25) is 0 Å². The standard InChI is InChI=1S/C17H30F2N2O3/c1-5-7-13(17(2,3)4)24-16(23)21-9-6-8-12(11-21)15(22)20-10-14(18)19/h12-14H,5-11H2,1-4H3,(H,20,22)/t12-,13?/m0/s1. The number of likely N-dealkylation sites (tertiary alicyclic amines) is 1. The second kappa shape index (κ2) is 9.18. The van der Waals surface area contributed by atoms with Gasteiger partial charge in [-0.25, -0.2) is 13.6 Å². The molecular formula is C17H30F2N2O3. The van der Waals surface area contributed by atoms with Crippen LogP contribution >= 0.6 is 0 Å². The first kappa shape index (κ1) is 20.6. The predicted octanol–water partition coefficient (Wildman–Crippen LogP) is 3.43. The molecule has 0 radical (unpaired) electrons. The van der Waals surface area contributed by atoms with Crippen molar-refractivity contribution in [3.05, 3.63) is 0 Å². The molecule has 24 heavy (non-hydrogen) atoms. The molecule has 0 aromatic heterocycles. The number of alkyl halides is 2. The summed E-state index contributed by atoms with van der Waals surface area (Å²) in [7, 11) is 0. The highest BCUT2D eigenvalue weighted by Gasteiger charge is 2.33. The fourth-order valence-electron chi connectivity index (χ4n) is 2.81. The molecule has 1 unspecified atom stereocenters. The molecule has 1 saturated heterocycles. The number of ether oxygens (including phenoxy) is 1. The largest absolute Gasteiger partial charge is 0.446 e. The third-order valence-corrected chi connectivity index (χ3v) is 4.24. The SMILES string of the molecule is CCCC(OC(=O)N1CCC[C@H](C(=O)NCC(F)F)C1)C(C)(C)C. The van der Waals surface area contributed by atoms with Gasteiger partial charge in [-0.3, -0.25) is 4.79 Å². The first-order valence-corrected chi connectivity index (χ1v) is 8.66. The van der Waals surface area contributed by atoms with Crippen LogP contribution in [0, 0.1) is 11.3 Å². The summed E-state index contributed by atoms with van der Waals surface area (Å²) in [6.07, 6.45) is -0.236. The van der Waals surface area contributed by atoms with Crippen LogP contribution in [0.15, 0.2) is 0 Å². The lowest BCUT2D eigenvalue weighted by Gasteiger charge is -2.35. The van der Waals surface area contributed by atoms with Crippen molar-refractivity contribution in [2.75, 3.05) is 19.6 Å². The number of halogens is 2. The summed E-state index contributed by atoms with van der Waals surface area (Å²) in [5, 5.41) is 2.23. The van der Waals surface area contributed by atoms with E-state index >= 15 is 0 Å². The molecule has 1 aliphatic heterocycles. The number of hydrogen-bond acceptors (Lipinski definition) is 3. The lowest BCUT2D eigenvalue weighted by atomic mass is 9.86. The van der Waals surface area contributed by atoms with E-state index in [0.29, 0.717) is 19.4 Å². The molecule has 5 nitrogen and oxygen atoms in total. The number of rotatable bonds is 6. The van der Waals surface area contributed by atoms with E-state index in [2.05, 4.69) is 5.32 Å². The Bertz CT molecular complexity index is 425. The molecule has 1 N–H and O–H groups in total. The van der Waals surface area contributed by atoms with Gasteiger partial charge in [-0.2, -0.15) is 0 Å². The van der Waals surface area contributed by atoms with Crippen molar-refractivity contribution in [3.63, 3.8) is 0 Å². The molecule has 1 heterocycles. The Morgan fingerprint density at radius 1 is 1.33 bits per heavy atom. The minimum absolute atomic E-state index is 0.157. The Morgan fingerprint density at radius 3 is 2.54 bits per heavy atom. The Hall–Kier alpha value is -1.40. The van der Waals surface area contributed by atoms with E-state index in [-0.39, 0.29) is 18.1 Å². The highest BCUT2D eigenvalue weighted by Crippen LogP contribution is 2.27. The van der Waals surface area contributed by atoms with Gasteiger partial charge in [0.05, 0.1) is 12.5 Å². The molecule has 1 rings (SSSR count). The van der Waals surface area contributed by atoms with Crippen LogP contribution in [0.3, 0.4) is 0 Å². The van der Waals surface area contributed by atoms with Crippen LogP contribution in [-0.2, 0) is 9.53 Å². The fraction of sp³-hybridized carbons (Fsp3) is 0.882. The molecule has 2 atom stereocenters. The van der Waals surface area contributed by atoms with Gasteiger partial charge in [0.1, 0.15) is 6.10 Å². The van der Waals surface area contributed by atoms with Gasteiger partial charge in [-0.05, 0) is 24.7 Å². The zero-order valence-electron chi connectivity index (χ0n) is 15.1. The Kier molecular flexibility index (Phi) is 7.90. The van der Waals surface area contributed by atoms with E-state index in [0.717, 1.165) is 12.8 Å². The molecule has 140 valence electrons. The molecule has 7 heteroatoms. The minimum Gasteiger partial charge on any atom is -0.446 e. The van der Waals surface area contributed by atoms with Crippen molar-refractivity contribution in [1.82, 2.24) is 10.2 Å². The summed E-state index contributed by atoms with van der Waals surface area (Å²) in [6.45, 7) is 8.21. The lowest BCUT2D eigenvalue weighted by molar-refractivity contribution is -0.127. The van der Waals surface area contributed by atoms with Crippen LogP contribution in [0.25, 0.3) is 0 Å². The van der Waals surface area contributed by atoms with Crippen molar-refractivity contribution in [3.8, 4) is 0 Å². The number of carbonyl (C=O) groups excluding carboxylic acids is 2. The third kappa shape index (κ3) is 6.61. The minimum atomic E-state index is -2.57. The van der Waals surface area contributed by atoms with E-state index in [9.17, 15) is 18.4 Å². The van der Waals surface area contributed by atoms with E-state index in [4.69, 9.17) is 4.74 Å². The van der Waals surface area contributed by atoms with Gasteiger partial charge in [0.2, 0.25) is 5.91 Å². The van der Waals surface area contributed by atoms with Crippen LogP contribution in [-0.4, -0.2) is 49.1 Å². The van der Waals surface area contributed by atoms with E-state index in [1.165, 1.54) is 4.90 Å². The summed E-state index contributed by atoms with van der Waals surface area (Å²) in [5.41, 5.74) is -0.157. The highest BCUT2D eigenvalue weighted by atomic mass is 19.3. The Morgan fingerprint density at radius 2 is 2.00 bits per heavy atom. The molecule has 1 fully saturated rings. The molecule has 2 amide bonds. The second-order valence-electron chi connectivity index (χ2n) is 7.45. The number of nitrogens with one attached hydrogen (secondary N) is 1. The fourth-order valence-corrected chi connectivity index (χ4v) is 2.81. The van der Waals surface area contributed by atoms with Gasteiger partial charge < -0.3 is 15.0 Å². The highest BCUT2D eigenvalue weighted by molar-refractivity contribution is 5.80. The quantitative estimate of drug-likeness (QED) is 0.800. The maximum absolute atomic E-state index is 12.4. The summed E-state index contributed by atoms with van der Waals surface area (Å²) in [4.78, 5) is 25.9. The summed E-state index contributed by atoms with van der Waals surface area (Å²) < 4.78 is 30.0. The lowest BCUT2D eigenvalue weighted by Crippen LogP contribution is -2.47. The van der Waals surface area contributed by atoms with Gasteiger partial charge in [0.25, 0.3) is 6.43 Å². The maximum Gasteiger partial charge on any atom is 0.410 e. The summed E-state index contributed by atoms with van der Waals surface area (Å²) in [5.74, 6) is -0.877. The van der Waals surface area contributed by atoms with Crippen molar-refractivity contribution < 1.29 is 23.1 Å². The number of hydrogen-bond donors (Lipinski definition) is 1. The normalized spacial score (nSPS) is 20.0. The topological polar surface area (TPSA) is 58.6 Å². The molecule has 0 bridgehead atoms. The molecule has 0 aromatic rings. The van der Waals surface area contributed by atoms with Gasteiger partial charge in [-0.15, -0.1) is 0 Å².